The molecule has 1 aliphatic carbocycles. The molecule has 0 N–H and O–H groups in total. The van der Waals surface area contributed by atoms with Crippen LogP contribution < -0.4 is 9.80 Å². The highest BCUT2D eigenvalue weighted by Crippen LogP contribution is 2.31. The number of aromatic nitrogens is 2. The van der Waals surface area contributed by atoms with E-state index in [9.17, 15) is 8.42 Å². The summed E-state index contributed by atoms with van der Waals surface area (Å²) in [5.41, 5.74) is 0.968. The topological polar surface area (TPSA) is 69.6 Å². The van der Waals surface area contributed by atoms with Crippen molar-refractivity contribution in [2.45, 2.75) is 37.9 Å². The van der Waals surface area contributed by atoms with Crippen LogP contribution in [0.5, 0.6) is 0 Å². The number of sulfonamides is 1. The lowest BCUT2D eigenvalue weighted by molar-refractivity contribution is 0.382. The molecule has 0 radical (unpaired) electrons. The highest BCUT2D eigenvalue weighted by atomic mass is 32.2. The number of nitrogens with zero attached hydrogens (tertiary/aromatic N) is 5. The minimum Gasteiger partial charge on any atom is -0.356 e. The normalized spacial score (nSPS) is 23.0. The lowest BCUT2D eigenvalue weighted by Gasteiger charge is -2.34. The van der Waals surface area contributed by atoms with Crippen molar-refractivity contribution < 1.29 is 8.42 Å². The molecule has 7 nitrogen and oxygen atoms in total. The van der Waals surface area contributed by atoms with Gasteiger partial charge in [0.05, 0.1) is 5.25 Å². The fraction of sp³-hybridized carbons (Fsp3) is 0.750. The highest BCUT2D eigenvalue weighted by Gasteiger charge is 2.41. The molecule has 1 aromatic heterocycles. The molecule has 0 atom stereocenters. The second-order valence-electron chi connectivity index (χ2n) is 6.99. The Morgan fingerprint density at radius 3 is 2.25 bits per heavy atom. The van der Waals surface area contributed by atoms with E-state index in [-0.39, 0.29) is 5.25 Å². The molecule has 8 heteroatoms. The van der Waals surface area contributed by atoms with Gasteiger partial charge >= 0.3 is 0 Å². The van der Waals surface area contributed by atoms with Gasteiger partial charge in [0.2, 0.25) is 16.0 Å². The predicted molar refractivity (Wildman–Crippen MR) is 93.9 cm³/mol. The number of rotatable bonds is 4. The molecule has 3 fully saturated rings. The molecule has 132 valence electrons. The molecule has 3 heterocycles. The maximum Gasteiger partial charge on any atom is 0.227 e. The van der Waals surface area contributed by atoms with Gasteiger partial charge in [-0.2, -0.15) is 9.29 Å². The average Bonchev–Trinajstić information content (AvgIpc) is 3.30. The first-order chi connectivity index (χ1) is 11.5. The molecule has 0 aromatic carbocycles. The molecule has 1 saturated carbocycles. The number of anilines is 2. The van der Waals surface area contributed by atoms with E-state index in [2.05, 4.69) is 14.8 Å². The second kappa shape index (κ2) is 6.15. The molecule has 0 amide bonds. The predicted octanol–water partition coefficient (Wildman–Crippen LogP) is 0.999. The summed E-state index contributed by atoms with van der Waals surface area (Å²) in [6.45, 7) is 6.51. The Morgan fingerprint density at radius 1 is 0.958 bits per heavy atom. The highest BCUT2D eigenvalue weighted by molar-refractivity contribution is 7.90. The van der Waals surface area contributed by atoms with E-state index < -0.39 is 10.0 Å². The summed E-state index contributed by atoms with van der Waals surface area (Å²) in [5, 5.41) is -0.124. The maximum atomic E-state index is 12.3. The van der Waals surface area contributed by atoms with Gasteiger partial charge in [-0.15, -0.1) is 0 Å². The van der Waals surface area contributed by atoms with Crippen molar-refractivity contribution in [3.63, 3.8) is 0 Å². The zero-order valence-electron chi connectivity index (χ0n) is 14.2. The summed E-state index contributed by atoms with van der Waals surface area (Å²) >= 11 is 0. The summed E-state index contributed by atoms with van der Waals surface area (Å²) in [5.74, 6) is 1.74. The number of aryl methyl sites for hydroxylation is 1. The Morgan fingerprint density at radius 2 is 1.62 bits per heavy atom. The lowest BCUT2D eigenvalue weighted by atomic mass is 10.3. The molecule has 0 bridgehead atoms. The van der Waals surface area contributed by atoms with E-state index in [0.29, 0.717) is 26.2 Å². The van der Waals surface area contributed by atoms with Crippen LogP contribution in [0, 0.1) is 6.92 Å². The van der Waals surface area contributed by atoms with Crippen molar-refractivity contribution in [1.82, 2.24) is 14.3 Å². The van der Waals surface area contributed by atoms with E-state index in [0.717, 1.165) is 43.4 Å². The summed E-state index contributed by atoms with van der Waals surface area (Å²) in [6.07, 6.45) is 4.08. The molecular weight excluding hydrogens is 326 g/mol. The zero-order chi connectivity index (χ0) is 16.7. The number of hydrogen-bond donors (Lipinski definition) is 0. The minimum atomic E-state index is -3.07. The van der Waals surface area contributed by atoms with Gasteiger partial charge in [-0.25, -0.2) is 13.4 Å². The minimum absolute atomic E-state index is 0.124. The van der Waals surface area contributed by atoms with Gasteiger partial charge in [-0.05, 0) is 32.6 Å². The molecule has 2 aliphatic heterocycles. The van der Waals surface area contributed by atoms with Crippen LogP contribution in [0.15, 0.2) is 6.07 Å². The molecule has 3 aliphatic rings. The third-order valence-electron chi connectivity index (χ3n) is 5.09. The molecule has 0 unspecified atom stereocenters. The zero-order valence-corrected chi connectivity index (χ0v) is 15.0. The van der Waals surface area contributed by atoms with Crippen molar-refractivity contribution in [2.75, 3.05) is 49.1 Å². The molecule has 4 rings (SSSR count). The molecular formula is C16H25N5O2S. The quantitative estimate of drug-likeness (QED) is 0.806. The molecule has 24 heavy (non-hydrogen) atoms. The fourth-order valence-electron chi connectivity index (χ4n) is 3.51. The van der Waals surface area contributed by atoms with Gasteiger partial charge in [0, 0.05) is 51.0 Å². The Labute approximate surface area is 143 Å². The number of hydrogen-bond acceptors (Lipinski definition) is 6. The van der Waals surface area contributed by atoms with Gasteiger partial charge in [0.25, 0.3) is 0 Å². The van der Waals surface area contributed by atoms with Gasteiger partial charge in [0.1, 0.15) is 5.82 Å². The molecule has 1 aromatic rings. The van der Waals surface area contributed by atoms with Crippen LogP contribution in [0.3, 0.4) is 0 Å². The summed E-state index contributed by atoms with van der Waals surface area (Å²) in [4.78, 5) is 13.8. The van der Waals surface area contributed by atoms with Gasteiger partial charge in [0.15, 0.2) is 0 Å². The Kier molecular flexibility index (Phi) is 4.12. The van der Waals surface area contributed by atoms with Crippen molar-refractivity contribution in [3.8, 4) is 0 Å². The van der Waals surface area contributed by atoms with Crippen LogP contribution in [0.25, 0.3) is 0 Å². The molecule has 2 saturated heterocycles. The van der Waals surface area contributed by atoms with Gasteiger partial charge in [-0.3, -0.25) is 0 Å². The van der Waals surface area contributed by atoms with Crippen LogP contribution in [0.2, 0.25) is 0 Å². The largest absolute Gasteiger partial charge is 0.356 e. The van der Waals surface area contributed by atoms with E-state index >= 15 is 0 Å². The van der Waals surface area contributed by atoms with Crippen molar-refractivity contribution in [1.29, 1.82) is 0 Å². The summed E-state index contributed by atoms with van der Waals surface area (Å²) in [7, 11) is -3.07. The van der Waals surface area contributed by atoms with E-state index in [4.69, 9.17) is 4.98 Å². The second-order valence-corrected chi connectivity index (χ2v) is 9.21. The fourth-order valence-corrected chi connectivity index (χ4v) is 5.33. The van der Waals surface area contributed by atoms with Crippen LogP contribution in [-0.2, 0) is 10.0 Å². The maximum absolute atomic E-state index is 12.3. The van der Waals surface area contributed by atoms with Crippen LogP contribution in [0.4, 0.5) is 11.8 Å². The van der Waals surface area contributed by atoms with Gasteiger partial charge < -0.3 is 9.80 Å². The standard InChI is InChI=1S/C16H25N5O2S/c1-13-12-15(19-6-2-3-7-19)18-16(17-13)20-8-10-21(11-9-20)24(22,23)14-4-5-14/h12,14H,2-11H2,1H3. The Hall–Kier alpha value is -1.41. The Bertz CT molecular complexity index is 705. The smallest absolute Gasteiger partial charge is 0.227 e. The van der Waals surface area contributed by atoms with Crippen LogP contribution in [-0.4, -0.2) is 67.2 Å². The summed E-state index contributed by atoms with van der Waals surface area (Å²) < 4.78 is 26.3. The first kappa shape index (κ1) is 16.1. The first-order valence-electron chi connectivity index (χ1n) is 8.88. The third-order valence-corrected chi connectivity index (χ3v) is 7.48. The van der Waals surface area contributed by atoms with Crippen molar-refractivity contribution in [2.24, 2.45) is 0 Å². The van der Waals surface area contributed by atoms with Gasteiger partial charge in [-0.1, -0.05) is 0 Å². The average molecular weight is 351 g/mol. The molecule has 0 spiro atoms. The Balaban J connectivity index is 1.47. The lowest BCUT2D eigenvalue weighted by Crippen LogP contribution is -2.50. The summed E-state index contributed by atoms with van der Waals surface area (Å²) in [6, 6.07) is 2.04. The van der Waals surface area contributed by atoms with E-state index in [1.807, 2.05) is 13.0 Å². The SMILES string of the molecule is Cc1cc(N2CCCC2)nc(N2CCN(S(=O)(=O)C3CC3)CC2)n1. The van der Waals surface area contributed by atoms with Crippen LogP contribution in [0.1, 0.15) is 31.4 Å². The van der Waals surface area contributed by atoms with Crippen LogP contribution >= 0.6 is 0 Å². The number of piperazine rings is 1. The van der Waals surface area contributed by atoms with Crippen molar-refractivity contribution in [3.05, 3.63) is 11.8 Å². The first-order valence-corrected chi connectivity index (χ1v) is 10.4. The van der Waals surface area contributed by atoms with Crippen molar-refractivity contribution >= 4 is 21.8 Å². The third kappa shape index (κ3) is 3.09. The van der Waals surface area contributed by atoms with E-state index in [1.54, 1.807) is 4.31 Å². The van der Waals surface area contributed by atoms with E-state index in [1.165, 1.54) is 12.8 Å². The monoisotopic (exact) mass is 351 g/mol.